The summed E-state index contributed by atoms with van der Waals surface area (Å²) in [6.45, 7) is 5.93. The van der Waals surface area contributed by atoms with Gasteiger partial charge >= 0.3 is 5.97 Å². The van der Waals surface area contributed by atoms with Crippen molar-refractivity contribution in [2.24, 2.45) is 5.92 Å². The van der Waals surface area contributed by atoms with Gasteiger partial charge in [0, 0.05) is 24.6 Å². The number of rotatable bonds is 9. The Morgan fingerprint density at radius 2 is 2.00 bits per heavy atom. The number of nitrogens with one attached hydrogen (secondary N) is 1. The Hall–Kier alpha value is -1.85. The average molecular weight is 364 g/mol. The Kier molecular flexibility index (Phi) is 7.66. The molecule has 1 fully saturated rings. The smallest absolute Gasteiger partial charge is 0.303 e. The molecule has 1 aromatic heterocycles. The molecule has 0 spiro atoms. The lowest BCUT2D eigenvalue weighted by molar-refractivity contribution is -0.137. The van der Waals surface area contributed by atoms with Gasteiger partial charge in [0.15, 0.2) is 0 Å². The van der Waals surface area contributed by atoms with Crippen LogP contribution in [0.5, 0.6) is 0 Å². The van der Waals surface area contributed by atoms with Crippen LogP contribution in [0.25, 0.3) is 0 Å². The number of aliphatic carboxylic acids is 1. The van der Waals surface area contributed by atoms with E-state index in [1.165, 1.54) is 32.1 Å². The largest absolute Gasteiger partial charge is 0.481 e. The van der Waals surface area contributed by atoms with E-state index in [9.17, 15) is 9.59 Å². The molecule has 6 heteroatoms. The summed E-state index contributed by atoms with van der Waals surface area (Å²) in [4.78, 5) is 23.5. The van der Waals surface area contributed by atoms with Crippen LogP contribution in [0.3, 0.4) is 0 Å². The van der Waals surface area contributed by atoms with Crippen molar-refractivity contribution < 1.29 is 14.7 Å². The number of carbonyl (C=O) groups is 2. The van der Waals surface area contributed by atoms with Gasteiger partial charge in [-0.25, -0.2) is 0 Å². The highest BCUT2D eigenvalue weighted by Crippen LogP contribution is 2.28. The zero-order chi connectivity index (χ0) is 19.1. The minimum atomic E-state index is -0.802. The van der Waals surface area contributed by atoms with Gasteiger partial charge in [0.1, 0.15) is 0 Å². The second-order valence-corrected chi connectivity index (χ2v) is 7.86. The third-order valence-electron chi connectivity index (χ3n) is 5.36. The molecular weight excluding hydrogens is 330 g/mol. The highest BCUT2D eigenvalue weighted by atomic mass is 16.4. The first-order chi connectivity index (χ1) is 12.3. The van der Waals surface area contributed by atoms with Crippen LogP contribution in [-0.4, -0.2) is 32.8 Å². The molecule has 2 rings (SSSR count). The molecule has 26 heavy (non-hydrogen) atoms. The van der Waals surface area contributed by atoms with Crippen molar-refractivity contribution in [3.63, 3.8) is 0 Å². The van der Waals surface area contributed by atoms with Crippen molar-refractivity contribution in [2.75, 3.05) is 0 Å². The topological polar surface area (TPSA) is 84.2 Å². The van der Waals surface area contributed by atoms with E-state index in [0.717, 1.165) is 17.8 Å². The zero-order valence-electron chi connectivity index (χ0n) is 16.3. The van der Waals surface area contributed by atoms with Crippen LogP contribution in [0.4, 0.5) is 0 Å². The lowest BCUT2D eigenvalue weighted by atomic mass is 9.84. The molecule has 1 aliphatic rings. The predicted octanol–water partition coefficient (Wildman–Crippen LogP) is 3.77. The van der Waals surface area contributed by atoms with Crippen LogP contribution < -0.4 is 5.32 Å². The van der Waals surface area contributed by atoms with E-state index in [4.69, 9.17) is 5.11 Å². The van der Waals surface area contributed by atoms with Gasteiger partial charge in [0.25, 0.3) is 0 Å². The van der Waals surface area contributed by atoms with Gasteiger partial charge in [0.05, 0.1) is 11.7 Å². The molecule has 0 bridgehead atoms. The third kappa shape index (κ3) is 6.46. The summed E-state index contributed by atoms with van der Waals surface area (Å²) < 4.78 is 1.89. The van der Waals surface area contributed by atoms with Crippen molar-refractivity contribution >= 4 is 11.9 Å². The van der Waals surface area contributed by atoms with Gasteiger partial charge in [-0.15, -0.1) is 0 Å². The molecule has 0 aliphatic heterocycles. The molecule has 1 aliphatic carbocycles. The summed E-state index contributed by atoms with van der Waals surface area (Å²) in [7, 11) is 0. The van der Waals surface area contributed by atoms with Crippen molar-refractivity contribution in [1.82, 2.24) is 15.1 Å². The fraction of sp³-hybridized carbons (Fsp3) is 0.750. The molecule has 0 saturated heterocycles. The Labute approximate surface area is 156 Å². The zero-order valence-corrected chi connectivity index (χ0v) is 16.3. The van der Waals surface area contributed by atoms with E-state index >= 15 is 0 Å². The first kappa shape index (κ1) is 20.5. The molecule has 1 amide bonds. The van der Waals surface area contributed by atoms with Crippen molar-refractivity contribution in [1.29, 1.82) is 0 Å². The Morgan fingerprint density at radius 1 is 1.31 bits per heavy atom. The summed E-state index contributed by atoms with van der Waals surface area (Å²) in [6, 6.07) is 1.94. The van der Waals surface area contributed by atoms with Gasteiger partial charge in [-0.1, -0.05) is 32.1 Å². The summed E-state index contributed by atoms with van der Waals surface area (Å²) in [5.74, 6) is -0.212. The van der Waals surface area contributed by atoms with Gasteiger partial charge in [0.2, 0.25) is 5.91 Å². The van der Waals surface area contributed by atoms with E-state index in [-0.39, 0.29) is 24.4 Å². The van der Waals surface area contributed by atoms with Crippen LogP contribution in [0.2, 0.25) is 0 Å². The van der Waals surface area contributed by atoms with Gasteiger partial charge in [-0.05, 0) is 45.6 Å². The monoisotopic (exact) mass is 363 g/mol. The van der Waals surface area contributed by atoms with Gasteiger partial charge in [-0.3, -0.25) is 14.3 Å². The first-order valence-corrected chi connectivity index (χ1v) is 9.89. The van der Waals surface area contributed by atoms with Crippen molar-refractivity contribution in [2.45, 2.75) is 90.6 Å². The highest BCUT2D eigenvalue weighted by Gasteiger charge is 2.22. The molecule has 1 saturated carbocycles. The van der Waals surface area contributed by atoms with E-state index in [1.807, 2.05) is 31.5 Å². The van der Waals surface area contributed by atoms with Crippen LogP contribution in [0.15, 0.2) is 6.07 Å². The van der Waals surface area contributed by atoms with E-state index in [2.05, 4.69) is 10.4 Å². The first-order valence-electron chi connectivity index (χ1n) is 9.89. The second-order valence-electron chi connectivity index (χ2n) is 7.86. The average Bonchev–Trinajstić information content (AvgIpc) is 2.92. The van der Waals surface area contributed by atoms with Gasteiger partial charge in [-0.2, -0.15) is 5.10 Å². The Bertz CT molecular complexity index is 605. The number of carbonyl (C=O) groups excluding carboxylic acids is 1. The second kappa shape index (κ2) is 9.74. The van der Waals surface area contributed by atoms with Crippen molar-refractivity contribution in [3.05, 3.63) is 17.5 Å². The van der Waals surface area contributed by atoms with Crippen LogP contribution in [-0.2, 0) is 9.59 Å². The lowest BCUT2D eigenvalue weighted by Crippen LogP contribution is -2.38. The summed E-state index contributed by atoms with van der Waals surface area (Å²) >= 11 is 0. The maximum absolute atomic E-state index is 12.5. The molecule has 1 aromatic rings. The maximum atomic E-state index is 12.5. The molecule has 146 valence electrons. The van der Waals surface area contributed by atoms with E-state index in [0.29, 0.717) is 18.8 Å². The molecule has 2 unspecified atom stereocenters. The number of aromatic nitrogens is 2. The molecule has 2 atom stereocenters. The number of carboxylic acid groups (broad SMARTS) is 1. The molecule has 2 N–H and O–H groups in total. The minimum Gasteiger partial charge on any atom is -0.481 e. The number of nitrogens with zero attached hydrogens (tertiary/aromatic N) is 2. The molecule has 6 nitrogen and oxygen atoms in total. The van der Waals surface area contributed by atoms with E-state index in [1.54, 1.807) is 0 Å². The molecule has 0 aromatic carbocycles. The number of hydrogen-bond donors (Lipinski definition) is 2. The van der Waals surface area contributed by atoms with Gasteiger partial charge < -0.3 is 10.4 Å². The summed E-state index contributed by atoms with van der Waals surface area (Å²) in [6.07, 6.45) is 8.05. The Balaban J connectivity index is 1.90. The number of aryl methyl sites for hydroxylation is 2. The number of amides is 1. The molecule has 0 radical (unpaired) electrons. The minimum absolute atomic E-state index is 0.0153. The van der Waals surface area contributed by atoms with E-state index < -0.39 is 5.97 Å². The molecular formula is C20H33N3O3. The quantitative estimate of drug-likeness (QED) is 0.699. The summed E-state index contributed by atoms with van der Waals surface area (Å²) in [5.41, 5.74) is 2.00. The maximum Gasteiger partial charge on any atom is 0.303 e. The lowest BCUT2D eigenvalue weighted by Gasteiger charge is -2.27. The number of hydrogen-bond acceptors (Lipinski definition) is 3. The molecule has 1 heterocycles. The fourth-order valence-corrected chi connectivity index (χ4v) is 4.11. The standard InChI is InChI=1S/C20H33N3O3/c1-14-11-15(2)23(22-14)16(3)12-19(24)21-18(9-10-20(25)26)13-17-7-5-4-6-8-17/h11,16-18H,4-10,12-13H2,1-3H3,(H,21,24)(H,25,26). The van der Waals surface area contributed by atoms with Crippen LogP contribution >= 0.6 is 0 Å². The third-order valence-corrected chi connectivity index (χ3v) is 5.36. The Morgan fingerprint density at radius 3 is 2.58 bits per heavy atom. The van der Waals surface area contributed by atoms with Crippen LogP contribution in [0, 0.1) is 19.8 Å². The summed E-state index contributed by atoms with van der Waals surface area (Å²) in [5, 5.41) is 16.6. The van der Waals surface area contributed by atoms with Crippen molar-refractivity contribution in [3.8, 4) is 0 Å². The number of carboxylic acids is 1. The van der Waals surface area contributed by atoms with Crippen LogP contribution in [0.1, 0.15) is 82.1 Å². The SMILES string of the molecule is Cc1cc(C)n(C(C)CC(=O)NC(CCC(=O)O)CC2CCCCC2)n1. The fourth-order valence-electron chi connectivity index (χ4n) is 4.11. The normalized spacial score (nSPS) is 17.7. The highest BCUT2D eigenvalue weighted by molar-refractivity contribution is 5.76. The predicted molar refractivity (Wildman–Crippen MR) is 101 cm³/mol.